The lowest BCUT2D eigenvalue weighted by Crippen LogP contribution is -2.63. The second-order valence-electron chi connectivity index (χ2n) is 11.7. The summed E-state index contributed by atoms with van der Waals surface area (Å²) in [5.41, 5.74) is 5.06. The van der Waals surface area contributed by atoms with E-state index in [0.29, 0.717) is 16.9 Å². The van der Waals surface area contributed by atoms with Crippen LogP contribution in [0.15, 0.2) is 36.4 Å². The molecule has 160 valence electrons. The highest BCUT2D eigenvalue weighted by Gasteiger charge is 2.67. The molecule has 0 saturated heterocycles. The lowest BCUT2D eigenvalue weighted by atomic mass is 9.33. The molecule has 4 saturated carbocycles. The predicted octanol–water partition coefficient (Wildman–Crippen LogP) is 7.06. The van der Waals surface area contributed by atoms with Crippen molar-refractivity contribution in [3.63, 3.8) is 0 Å². The molecule has 2 heteroatoms. The van der Waals surface area contributed by atoms with Crippen LogP contribution in [0.25, 0.3) is 0 Å². The summed E-state index contributed by atoms with van der Waals surface area (Å²) in [6.45, 7) is 8.89. The van der Waals surface area contributed by atoms with Gasteiger partial charge in [0.1, 0.15) is 11.5 Å². The van der Waals surface area contributed by atoms with Crippen molar-refractivity contribution in [2.45, 2.75) is 89.9 Å². The molecule has 2 nitrogen and oxygen atoms in total. The van der Waals surface area contributed by atoms with E-state index in [2.05, 4.69) is 52.0 Å². The lowest BCUT2D eigenvalue weighted by molar-refractivity contribution is -0.138. The minimum Gasteiger partial charge on any atom is -0.508 e. The van der Waals surface area contributed by atoms with Crippen molar-refractivity contribution >= 4 is 0 Å². The fourth-order valence-corrected chi connectivity index (χ4v) is 8.92. The molecule has 4 aliphatic rings. The van der Waals surface area contributed by atoms with Gasteiger partial charge in [0.25, 0.3) is 0 Å². The van der Waals surface area contributed by atoms with Crippen LogP contribution >= 0.6 is 0 Å². The molecule has 4 aliphatic carbocycles. The average Bonchev–Trinajstić information content (AvgIpc) is 2.58. The first-order valence-electron chi connectivity index (χ1n) is 11.7. The molecule has 2 N–H and O–H groups in total. The topological polar surface area (TPSA) is 40.5 Å². The Morgan fingerprint density at radius 1 is 0.733 bits per heavy atom. The molecule has 4 fully saturated rings. The fourth-order valence-electron chi connectivity index (χ4n) is 8.92. The van der Waals surface area contributed by atoms with Crippen LogP contribution in [0, 0.1) is 24.7 Å². The Bertz CT molecular complexity index is 936. The van der Waals surface area contributed by atoms with E-state index in [-0.39, 0.29) is 16.2 Å². The van der Waals surface area contributed by atoms with Crippen molar-refractivity contribution in [2.24, 2.45) is 10.8 Å². The Labute approximate surface area is 181 Å². The summed E-state index contributed by atoms with van der Waals surface area (Å²) in [6.07, 6.45) is 9.41. The summed E-state index contributed by atoms with van der Waals surface area (Å²) in [4.78, 5) is 0. The number of phenolic OH excluding ortho intramolecular Hbond substituents is 2. The van der Waals surface area contributed by atoms with Crippen LogP contribution in [0.4, 0.5) is 0 Å². The van der Waals surface area contributed by atoms with Gasteiger partial charge in [-0.2, -0.15) is 0 Å². The first-order chi connectivity index (χ1) is 14.1. The highest BCUT2D eigenvalue weighted by molar-refractivity contribution is 5.49. The molecule has 30 heavy (non-hydrogen) atoms. The monoisotopic (exact) mass is 404 g/mol. The third-order valence-electron chi connectivity index (χ3n) is 8.67. The van der Waals surface area contributed by atoms with Crippen LogP contribution in [-0.2, 0) is 10.8 Å². The molecule has 2 aromatic rings. The van der Waals surface area contributed by atoms with Gasteiger partial charge in [0.15, 0.2) is 0 Å². The normalized spacial score (nSPS) is 36.9. The van der Waals surface area contributed by atoms with E-state index in [0.717, 1.165) is 41.5 Å². The maximum absolute atomic E-state index is 11.0. The molecule has 0 aromatic heterocycles. The quantitative estimate of drug-likeness (QED) is 0.572. The van der Waals surface area contributed by atoms with E-state index in [1.54, 1.807) is 0 Å². The van der Waals surface area contributed by atoms with Crippen molar-refractivity contribution in [1.29, 1.82) is 0 Å². The fraction of sp³-hybridized carbons (Fsp3) is 0.571. The number of phenols is 2. The zero-order chi connectivity index (χ0) is 21.4. The highest BCUT2D eigenvalue weighted by Crippen LogP contribution is 2.76. The summed E-state index contributed by atoms with van der Waals surface area (Å²) in [5, 5.41) is 22.1. The number of hydrogen-bond donors (Lipinski definition) is 2. The van der Waals surface area contributed by atoms with E-state index in [1.165, 1.54) is 32.1 Å². The highest BCUT2D eigenvalue weighted by atomic mass is 16.3. The van der Waals surface area contributed by atoms with E-state index in [9.17, 15) is 10.2 Å². The molecular formula is C28H36O2. The van der Waals surface area contributed by atoms with E-state index in [1.807, 2.05) is 12.1 Å². The molecule has 0 aliphatic heterocycles. The van der Waals surface area contributed by atoms with E-state index >= 15 is 0 Å². The molecular weight excluding hydrogens is 368 g/mol. The Kier molecular flexibility index (Phi) is 4.18. The molecule has 0 heterocycles. The molecule has 2 atom stereocenters. The van der Waals surface area contributed by atoms with Gasteiger partial charge >= 0.3 is 0 Å². The van der Waals surface area contributed by atoms with Crippen LogP contribution in [-0.4, -0.2) is 10.2 Å². The zero-order valence-corrected chi connectivity index (χ0v) is 19.0. The summed E-state index contributed by atoms with van der Waals surface area (Å²) in [7, 11) is 0. The maximum atomic E-state index is 11.0. The summed E-state index contributed by atoms with van der Waals surface area (Å²) in [6, 6.07) is 12.6. The van der Waals surface area contributed by atoms with Crippen LogP contribution < -0.4 is 0 Å². The molecule has 2 aromatic carbocycles. The largest absolute Gasteiger partial charge is 0.508 e. The summed E-state index contributed by atoms with van der Waals surface area (Å²) in [5.74, 6) is 0.936. The molecule has 0 amide bonds. The number of hydrogen-bond acceptors (Lipinski definition) is 2. The summed E-state index contributed by atoms with van der Waals surface area (Å²) < 4.78 is 0. The van der Waals surface area contributed by atoms with Gasteiger partial charge in [-0.1, -0.05) is 44.5 Å². The molecule has 0 spiro atoms. The average molecular weight is 405 g/mol. The third kappa shape index (κ3) is 2.82. The maximum Gasteiger partial charge on any atom is 0.119 e. The third-order valence-corrected chi connectivity index (χ3v) is 8.67. The van der Waals surface area contributed by atoms with Crippen LogP contribution in [0.5, 0.6) is 11.5 Å². The van der Waals surface area contributed by atoms with Gasteiger partial charge in [-0.15, -0.1) is 0 Å². The van der Waals surface area contributed by atoms with Crippen molar-refractivity contribution in [1.82, 2.24) is 0 Å². The zero-order valence-electron chi connectivity index (χ0n) is 19.0. The van der Waals surface area contributed by atoms with Gasteiger partial charge in [0.2, 0.25) is 0 Å². The first kappa shape index (κ1) is 20.0. The molecule has 6 rings (SSSR count). The standard InChI is InChI=1S/C28H36O2/c1-5-10-26-13-25(4)14-27(16-26,21-8-6-19(2)11-23(21)29)18-28(15-25,17-26)22-9-7-20(3)12-24(22)30/h6-9,11-12,29-30H,5,10,13-18H2,1-4H3. The van der Waals surface area contributed by atoms with Crippen LogP contribution in [0.1, 0.15) is 87.5 Å². The Hall–Kier alpha value is -1.96. The lowest BCUT2D eigenvalue weighted by Gasteiger charge is -2.71. The van der Waals surface area contributed by atoms with E-state index < -0.39 is 0 Å². The SMILES string of the molecule is CCCC12CC3(C)CC(c4ccc(C)cc4O)(C1)CC(c1ccc(C)cc1O)(C3)C2. The van der Waals surface area contributed by atoms with Crippen LogP contribution in [0.2, 0.25) is 0 Å². The first-order valence-corrected chi connectivity index (χ1v) is 11.7. The van der Waals surface area contributed by atoms with Gasteiger partial charge in [-0.3, -0.25) is 0 Å². The number of rotatable bonds is 4. The van der Waals surface area contributed by atoms with E-state index in [4.69, 9.17) is 0 Å². The van der Waals surface area contributed by atoms with Gasteiger partial charge in [0, 0.05) is 22.0 Å². The van der Waals surface area contributed by atoms with Gasteiger partial charge < -0.3 is 10.2 Å². The second kappa shape index (κ2) is 6.28. The Morgan fingerprint density at radius 2 is 1.23 bits per heavy atom. The van der Waals surface area contributed by atoms with Crippen molar-refractivity contribution < 1.29 is 10.2 Å². The predicted molar refractivity (Wildman–Crippen MR) is 122 cm³/mol. The minimum atomic E-state index is -0.00617. The smallest absolute Gasteiger partial charge is 0.119 e. The van der Waals surface area contributed by atoms with Crippen LogP contribution in [0.3, 0.4) is 0 Å². The number of aryl methyl sites for hydroxylation is 2. The molecule has 2 unspecified atom stereocenters. The van der Waals surface area contributed by atoms with Crippen molar-refractivity contribution in [2.75, 3.05) is 0 Å². The number of benzene rings is 2. The summed E-state index contributed by atoms with van der Waals surface area (Å²) >= 11 is 0. The van der Waals surface area contributed by atoms with Crippen molar-refractivity contribution in [3.8, 4) is 11.5 Å². The Morgan fingerprint density at radius 3 is 1.67 bits per heavy atom. The van der Waals surface area contributed by atoms with Gasteiger partial charge in [-0.05, 0) is 92.9 Å². The minimum absolute atomic E-state index is 0.00617. The second-order valence-corrected chi connectivity index (χ2v) is 11.7. The Balaban J connectivity index is 1.73. The van der Waals surface area contributed by atoms with Gasteiger partial charge in [0.05, 0.1) is 0 Å². The van der Waals surface area contributed by atoms with Gasteiger partial charge in [-0.25, -0.2) is 0 Å². The van der Waals surface area contributed by atoms with Crippen molar-refractivity contribution in [3.05, 3.63) is 58.7 Å². The number of aromatic hydroxyl groups is 2. The molecule has 0 radical (unpaired) electrons. The molecule has 4 bridgehead atoms.